The highest BCUT2D eigenvalue weighted by molar-refractivity contribution is 9.10. The third-order valence-corrected chi connectivity index (χ3v) is 3.83. The highest BCUT2D eigenvalue weighted by Crippen LogP contribution is 2.32. The molecule has 1 aliphatic heterocycles. The van der Waals surface area contributed by atoms with Gasteiger partial charge in [0.1, 0.15) is 0 Å². The summed E-state index contributed by atoms with van der Waals surface area (Å²) >= 11 is 3.60. The van der Waals surface area contributed by atoms with Crippen molar-refractivity contribution in [2.75, 3.05) is 6.54 Å². The number of hydrogen-bond acceptors (Lipinski definition) is 1. The molecule has 1 aliphatic rings. The van der Waals surface area contributed by atoms with E-state index in [1.54, 1.807) is 0 Å². The van der Waals surface area contributed by atoms with Crippen LogP contribution in [0, 0.1) is 0 Å². The molecular formula is C13H18BrN. The van der Waals surface area contributed by atoms with E-state index in [9.17, 15) is 0 Å². The molecule has 1 saturated heterocycles. The Kier molecular flexibility index (Phi) is 3.17. The Labute approximate surface area is 100 Å². The van der Waals surface area contributed by atoms with Crippen molar-refractivity contribution in [2.45, 2.75) is 38.6 Å². The number of aryl methyl sites for hydroxylation is 1. The van der Waals surface area contributed by atoms with Crippen LogP contribution in [0.5, 0.6) is 0 Å². The molecular weight excluding hydrogens is 250 g/mol. The van der Waals surface area contributed by atoms with Crippen LogP contribution in [0.4, 0.5) is 0 Å². The topological polar surface area (TPSA) is 12.0 Å². The van der Waals surface area contributed by atoms with Crippen LogP contribution in [-0.2, 0) is 12.0 Å². The summed E-state index contributed by atoms with van der Waals surface area (Å²) in [5.74, 6) is 0. The molecule has 1 aromatic rings. The molecule has 1 fully saturated rings. The third kappa shape index (κ3) is 2.26. The van der Waals surface area contributed by atoms with Gasteiger partial charge in [0, 0.05) is 10.0 Å². The van der Waals surface area contributed by atoms with E-state index in [-0.39, 0.29) is 5.54 Å². The molecule has 82 valence electrons. The van der Waals surface area contributed by atoms with Gasteiger partial charge >= 0.3 is 0 Å². The van der Waals surface area contributed by atoms with Gasteiger partial charge in [-0.3, -0.25) is 0 Å². The van der Waals surface area contributed by atoms with Gasteiger partial charge < -0.3 is 5.32 Å². The maximum Gasteiger partial charge on any atom is 0.0407 e. The molecule has 0 amide bonds. The molecule has 1 N–H and O–H groups in total. The molecule has 15 heavy (non-hydrogen) atoms. The van der Waals surface area contributed by atoms with E-state index in [0.717, 1.165) is 13.0 Å². The quantitative estimate of drug-likeness (QED) is 0.864. The zero-order chi connectivity index (χ0) is 10.9. The normalized spacial score (nSPS) is 25.8. The average Bonchev–Trinajstić information content (AvgIpc) is 2.65. The zero-order valence-corrected chi connectivity index (χ0v) is 11.0. The van der Waals surface area contributed by atoms with Crippen molar-refractivity contribution >= 4 is 15.9 Å². The molecule has 0 saturated carbocycles. The Morgan fingerprint density at radius 1 is 1.40 bits per heavy atom. The van der Waals surface area contributed by atoms with E-state index in [4.69, 9.17) is 0 Å². The molecule has 0 spiro atoms. The van der Waals surface area contributed by atoms with Crippen molar-refractivity contribution in [1.82, 2.24) is 5.32 Å². The third-order valence-electron chi connectivity index (χ3n) is 3.37. The van der Waals surface area contributed by atoms with Crippen molar-refractivity contribution in [3.05, 3.63) is 33.8 Å². The molecule has 2 rings (SSSR count). The van der Waals surface area contributed by atoms with Gasteiger partial charge in [-0.25, -0.2) is 0 Å². The summed E-state index contributed by atoms with van der Waals surface area (Å²) in [7, 11) is 0. The van der Waals surface area contributed by atoms with Crippen LogP contribution < -0.4 is 5.32 Å². The molecule has 0 aromatic heterocycles. The first-order valence-electron chi connectivity index (χ1n) is 5.69. The summed E-state index contributed by atoms with van der Waals surface area (Å²) in [6, 6.07) is 6.79. The van der Waals surface area contributed by atoms with E-state index >= 15 is 0 Å². The van der Waals surface area contributed by atoms with Crippen LogP contribution in [0.25, 0.3) is 0 Å². The fourth-order valence-electron chi connectivity index (χ4n) is 2.31. The second-order valence-corrected chi connectivity index (χ2v) is 5.48. The van der Waals surface area contributed by atoms with Gasteiger partial charge in [-0.1, -0.05) is 28.9 Å². The van der Waals surface area contributed by atoms with E-state index in [0.29, 0.717) is 0 Å². The first-order chi connectivity index (χ1) is 7.14. The largest absolute Gasteiger partial charge is 0.308 e. The number of halogens is 1. The fraction of sp³-hybridized carbons (Fsp3) is 0.538. The molecule has 1 nitrogen and oxygen atoms in total. The minimum absolute atomic E-state index is 0.188. The summed E-state index contributed by atoms with van der Waals surface area (Å²) in [6.45, 7) is 5.65. The number of benzene rings is 1. The summed E-state index contributed by atoms with van der Waals surface area (Å²) in [4.78, 5) is 0. The fourth-order valence-corrected chi connectivity index (χ4v) is 2.85. The van der Waals surface area contributed by atoms with Crippen LogP contribution in [-0.4, -0.2) is 6.54 Å². The molecule has 0 aliphatic carbocycles. The van der Waals surface area contributed by atoms with Gasteiger partial charge in [0.2, 0.25) is 0 Å². The monoisotopic (exact) mass is 267 g/mol. The molecule has 1 heterocycles. The first-order valence-corrected chi connectivity index (χ1v) is 6.48. The van der Waals surface area contributed by atoms with Gasteiger partial charge in [-0.2, -0.15) is 0 Å². The molecule has 1 aromatic carbocycles. The van der Waals surface area contributed by atoms with Crippen LogP contribution in [0.15, 0.2) is 22.7 Å². The lowest BCUT2D eigenvalue weighted by Gasteiger charge is -2.26. The smallest absolute Gasteiger partial charge is 0.0407 e. The van der Waals surface area contributed by atoms with Gasteiger partial charge in [-0.05, 0) is 56.0 Å². The van der Waals surface area contributed by atoms with Crippen molar-refractivity contribution in [2.24, 2.45) is 0 Å². The second-order valence-electron chi connectivity index (χ2n) is 4.56. The highest BCUT2D eigenvalue weighted by atomic mass is 79.9. The summed E-state index contributed by atoms with van der Waals surface area (Å²) < 4.78 is 1.20. The molecule has 1 unspecified atom stereocenters. The first kappa shape index (κ1) is 11.2. The van der Waals surface area contributed by atoms with Crippen molar-refractivity contribution in [3.63, 3.8) is 0 Å². The minimum atomic E-state index is 0.188. The van der Waals surface area contributed by atoms with E-state index in [1.807, 2.05) is 0 Å². The van der Waals surface area contributed by atoms with E-state index < -0.39 is 0 Å². The Morgan fingerprint density at radius 3 is 2.80 bits per heavy atom. The van der Waals surface area contributed by atoms with Crippen LogP contribution >= 0.6 is 15.9 Å². The summed E-state index contributed by atoms with van der Waals surface area (Å²) in [5.41, 5.74) is 3.02. The Bertz CT molecular complexity index is 354. The predicted molar refractivity (Wildman–Crippen MR) is 68.1 cm³/mol. The Morgan fingerprint density at radius 2 is 2.20 bits per heavy atom. The van der Waals surface area contributed by atoms with E-state index in [2.05, 4.69) is 53.3 Å². The lowest BCUT2D eigenvalue weighted by atomic mass is 9.89. The van der Waals surface area contributed by atoms with Crippen molar-refractivity contribution in [1.29, 1.82) is 0 Å². The Balaban J connectivity index is 2.38. The highest BCUT2D eigenvalue weighted by Gasteiger charge is 2.30. The van der Waals surface area contributed by atoms with Gasteiger partial charge in [0.15, 0.2) is 0 Å². The lowest BCUT2D eigenvalue weighted by Crippen LogP contribution is -2.33. The standard InChI is InChI=1S/C13H18BrN/c1-3-10-7-11(9-12(14)8-10)13(2)5-4-6-15-13/h7-9,15H,3-6H2,1-2H3. The van der Waals surface area contributed by atoms with Crippen LogP contribution in [0.2, 0.25) is 0 Å². The van der Waals surface area contributed by atoms with Gasteiger partial charge in [-0.15, -0.1) is 0 Å². The zero-order valence-electron chi connectivity index (χ0n) is 9.44. The molecule has 1 atom stereocenters. The van der Waals surface area contributed by atoms with Crippen molar-refractivity contribution < 1.29 is 0 Å². The average molecular weight is 268 g/mol. The predicted octanol–water partition coefficient (Wildman–Crippen LogP) is 3.61. The second kappa shape index (κ2) is 4.26. The maximum absolute atomic E-state index is 3.61. The molecule has 0 radical (unpaired) electrons. The molecule has 2 heteroatoms. The Hall–Kier alpha value is -0.340. The SMILES string of the molecule is CCc1cc(Br)cc(C2(C)CCCN2)c1. The maximum atomic E-state index is 3.61. The van der Waals surface area contributed by atoms with Crippen LogP contribution in [0.1, 0.15) is 37.8 Å². The summed E-state index contributed by atoms with van der Waals surface area (Å²) in [5, 5.41) is 3.61. The van der Waals surface area contributed by atoms with E-state index in [1.165, 1.54) is 28.4 Å². The van der Waals surface area contributed by atoms with Gasteiger partial charge in [0.25, 0.3) is 0 Å². The number of rotatable bonds is 2. The van der Waals surface area contributed by atoms with Gasteiger partial charge in [0.05, 0.1) is 0 Å². The number of nitrogens with one attached hydrogen (secondary N) is 1. The number of hydrogen-bond donors (Lipinski definition) is 1. The summed E-state index contributed by atoms with van der Waals surface area (Å²) in [6.07, 6.45) is 3.62. The lowest BCUT2D eigenvalue weighted by molar-refractivity contribution is 0.434. The minimum Gasteiger partial charge on any atom is -0.308 e. The van der Waals surface area contributed by atoms with Crippen LogP contribution in [0.3, 0.4) is 0 Å². The van der Waals surface area contributed by atoms with Crippen molar-refractivity contribution in [3.8, 4) is 0 Å². The molecule has 0 bridgehead atoms.